The van der Waals surface area contributed by atoms with Gasteiger partial charge in [-0.05, 0) is 35.7 Å². The number of Topliss-reactive ketones (excluding diaryl/α,β-unsaturated/α-hetero) is 1. The van der Waals surface area contributed by atoms with Gasteiger partial charge in [0.05, 0.1) is 0 Å². The van der Waals surface area contributed by atoms with Crippen LogP contribution in [0.4, 0.5) is 0 Å². The fraction of sp³-hybridized carbons (Fsp3) is 0.143. The Morgan fingerprint density at radius 2 is 2.07 bits per heavy atom. The summed E-state index contributed by atoms with van der Waals surface area (Å²) < 4.78 is 0. The average molecular weight is 197 g/mol. The Hall–Kier alpha value is -1.63. The van der Waals surface area contributed by atoms with E-state index < -0.39 is 0 Å². The summed E-state index contributed by atoms with van der Waals surface area (Å²) in [7, 11) is 0. The van der Waals surface area contributed by atoms with Crippen LogP contribution in [0, 0.1) is 6.92 Å². The van der Waals surface area contributed by atoms with Crippen LogP contribution in [0.1, 0.15) is 18.1 Å². The van der Waals surface area contributed by atoms with Gasteiger partial charge in [0, 0.05) is 6.42 Å². The van der Waals surface area contributed by atoms with Crippen LogP contribution in [0.3, 0.4) is 0 Å². The second kappa shape index (κ2) is 3.85. The zero-order valence-electron chi connectivity index (χ0n) is 8.79. The Labute approximate surface area is 89.7 Å². The lowest BCUT2D eigenvalue weighted by Gasteiger charge is -2.04. The molecule has 0 aliphatic heterocycles. The number of carbonyl (C=O) groups is 1. The fourth-order valence-electron chi connectivity index (χ4n) is 1.80. The van der Waals surface area contributed by atoms with Crippen molar-refractivity contribution >= 4 is 16.6 Å². The summed E-state index contributed by atoms with van der Waals surface area (Å²) in [5.74, 6) is 0.195. The lowest BCUT2D eigenvalue weighted by molar-refractivity contribution is -0.116. The molecule has 0 N–H and O–H groups in total. The van der Waals surface area contributed by atoms with Crippen molar-refractivity contribution in [2.45, 2.75) is 13.3 Å². The van der Waals surface area contributed by atoms with Gasteiger partial charge in [-0.25, -0.2) is 0 Å². The van der Waals surface area contributed by atoms with Crippen LogP contribution in [-0.4, -0.2) is 5.78 Å². The normalized spacial score (nSPS) is 10.5. The van der Waals surface area contributed by atoms with Crippen molar-refractivity contribution in [3.05, 3.63) is 54.4 Å². The molecule has 0 bridgehead atoms. The minimum Gasteiger partial charge on any atom is -0.300 e. The van der Waals surface area contributed by atoms with Crippen LogP contribution in [0.15, 0.2) is 36.4 Å². The topological polar surface area (TPSA) is 17.1 Å². The van der Waals surface area contributed by atoms with Crippen molar-refractivity contribution in [3.8, 4) is 0 Å². The minimum atomic E-state index is 0.195. The number of benzene rings is 2. The standard InChI is InChI=1S/C14H13O/c1-10-4-3-5-13-9-12(8-11(2)15)6-7-14(10)13/h3-7,9H,1,8H2,2H3. The summed E-state index contributed by atoms with van der Waals surface area (Å²) in [6, 6.07) is 12.1. The predicted molar refractivity (Wildman–Crippen MR) is 62.8 cm³/mol. The van der Waals surface area contributed by atoms with E-state index in [-0.39, 0.29) is 5.78 Å². The van der Waals surface area contributed by atoms with E-state index in [1.54, 1.807) is 6.92 Å². The molecule has 0 aromatic heterocycles. The molecule has 0 atom stereocenters. The first-order valence-corrected chi connectivity index (χ1v) is 5.00. The molecular weight excluding hydrogens is 184 g/mol. The van der Waals surface area contributed by atoms with Crippen molar-refractivity contribution in [2.75, 3.05) is 0 Å². The summed E-state index contributed by atoms with van der Waals surface area (Å²) in [4.78, 5) is 11.0. The Balaban J connectivity index is 2.52. The molecule has 1 radical (unpaired) electrons. The quantitative estimate of drug-likeness (QED) is 0.722. The first kappa shape index (κ1) is 9.91. The van der Waals surface area contributed by atoms with Gasteiger partial charge >= 0.3 is 0 Å². The SMILES string of the molecule is [CH2]c1cccc2cc(CC(C)=O)ccc12. The highest BCUT2D eigenvalue weighted by atomic mass is 16.1. The number of ketones is 1. The second-order valence-electron chi connectivity index (χ2n) is 3.85. The van der Waals surface area contributed by atoms with Crippen LogP contribution in [0.5, 0.6) is 0 Å². The second-order valence-corrected chi connectivity index (χ2v) is 3.85. The Morgan fingerprint density at radius 1 is 1.27 bits per heavy atom. The minimum absolute atomic E-state index is 0.195. The lowest BCUT2D eigenvalue weighted by atomic mass is 10.0. The van der Waals surface area contributed by atoms with E-state index >= 15 is 0 Å². The highest BCUT2D eigenvalue weighted by molar-refractivity contribution is 5.88. The summed E-state index contributed by atoms with van der Waals surface area (Å²) in [5, 5.41) is 2.31. The molecule has 75 valence electrons. The van der Waals surface area contributed by atoms with Crippen LogP contribution in [-0.2, 0) is 11.2 Å². The van der Waals surface area contributed by atoms with E-state index in [1.807, 2.05) is 30.3 Å². The highest BCUT2D eigenvalue weighted by Crippen LogP contribution is 2.19. The van der Waals surface area contributed by atoms with Gasteiger partial charge < -0.3 is 0 Å². The van der Waals surface area contributed by atoms with Crippen molar-refractivity contribution in [1.29, 1.82) is 0 Å². The smallest absolute Gasteiger partial charge is 0.134 e. The third-order valence-electron chi connectivity index (χ3n) is 2.49. The van der Waals surface area contributed by atoms with Crippen molar-refractivity contribution < 1.29 is 4.79 Å². The Kier molecular flexibility index (Phi) is 2.55. The summed E-state index contributed by atoms with van der Waals surface area (Å²) in [5.41, 5.74) is 2.10. The molecule has 0 fully saturated rings. The number of rotatable bonds is 2. The maximum atomic E-state index is 11.0. The monoisotopic (exact) mass is 197 g/mol. The molecule has 0 saturated heterocycles. The molecule has 0 aliphatic carbocycles. The molecule has 0 spiro atoms. The first-order chi connectivity index (χ1) is 7.16. The van der Waals surface area contributed by atoms with E-state index in [2.05, 4.69) is 13.0 Å². The predicted octanol–water partition coefficient (Wildman–Crippen LogP) is 3.15. The Bertz CT molecular complexity index is 512. The van der Waals surface area contributed by atoms with Crippen LogP contribution < -0.4 is 0 Å². The van der Waals surface area contributed by atoms with Crippen LogP contribution >= 0.6 is 0 Å². The maximum Gasteiger partial charge on any atom is 0.134 e. The average Bonchev–Trinajstić information content (AvgIpc) is 2.17. The third kappa shape index (κ3) is 2.07. The third-order valence-corrected chi connectivity index (χ3v) is 2.49. The van der Waals surface area contributed by atoms with E-state index in [4.69, 9.17) is 0 Å². The molecular formula is C14H13O. The van der Waals surface area contributed by atoms with Gasteiger partial charge in [0.25, 0.3) is 0 Å². The summed E-state index contributed by atoms with van der Waals surface area (Å²) >= 11 is 0. The fourth-order valence-corrected chi connectivity index (χ4v) is 1.80. The Morgan fingerprint density at radius 3 is 2.80 bits per heavy atom. The largest absolute Gasteiger partial charge is 0.300 e. The van der Waals surface area contributed by atoms with E-state index in [1.165, 1.54) is 0 Å². The van der Waals surface area contributed by atoms with Gasteiger partial charge in [0.15, 0.2) is 0 Å². The summed E-state index contributed by atoms with van der Waals surface area (Å²) in [6.07, 6.45) is 0.511. The molecule has 1 nitrogen and oxygen atoms in total. The zero-order chi connectivity index (χ0) is 10.8. The molecule has 0 unspecified atom stereocenters. The van der Waals surface area contributed by atoms with Gasteiger partial charge in [0.2, 0.25) is 0 Å². The molecule has 0 saturated carbocycles. The van der Waals surface area contributed by atoms with Gasteiger partial charge in [-0.3, -0.25) is 4.79 Å². The van der Waals surface area contributed by atoms with E-state index in [0.717, 1.165) is 21.9 Å². The molecule has 0 heterocycles. The van der Waals surface area contributed by atoms with E-state index in [9.17, 15) is 4.79 Å². The maximum absolute atomic E-state index is 11.0. The molecule has 1 heteroatoms. The lowest BCUT2D eigenvalue weighted by Crippen LogP contribution is -1.95. The molecule has 15 heavy (non-hydrogen) atoms. The molecule has 2 aromatic carbocycles. The molecule has 0 amide bonds. The molecule has 2 aromatic rings. The highest BCUT2D eigenvalue weighted by Gasteiger charge is 2.00. The van der Waals surface area contributed by atoms with Crippen molar-refractivity contribution in [1.82, 2.24) is 0 Å². The van der Waals surface area contributed by atoms with Crippen LogP contribution in [0.25, 0.3) is 10.8 Å². The first-order valence-electron chi connectivity index (χ1n) is 5.00. The van der Waals surface area contributed by atoms with Gasteiger partial charge in [0.1, 0.15) is 5.78 Å². The molecule has 2 rings (SSSR count). The van der Waals surface area contributed by atoms with Crippen LogP contribution in [0.2, 0.25) is 0 Å². The van der Waals surface area contributed by atoms with Crippen molar-refractivity contribution in [2.24, 2.45) is 0 Å². The molecule has 0 aliphatic rings. The van der Waals surface area contributed by atoms with Gasteiger partial charge in [-0.1, -0.05) is 36.4 Å². The van der Waals surface area contributed by atoms with E-state index in [0.29, 0.717) is 6.42 Å². The van der Waals surface area contributed by atoms with Crippen molar-refractivity contribution in [3.63, 3.8) is 0 Å². The number of hydrogen-bond donors (Lipinski definition) is 0. The zero-order valence-corrected chi connectivity index (χ0v) is 8.79. The number of fused-ring (bicyclic) bond motifs is 1. The number of hydrogen-bond acceptors (Lipinski definition) is 1. The van der Waals surface area contributed by atoms with Gasteiger partial charge in [-0.2, -0.15) is 0 Å². The number of carbonyl (C=O) groups excluding carboxylic acids is 1. The summed E-state index contributed by atoms with van der Waals surface area (Å²) in [6.45, 7) is 5.59. The van der Waals surface area contributed by atoms with Gasteiger partial charge in [-0.15, -0.1) is 0 Å².